The van der Waals surface area contributed by atoms with Crippen LogP contribution in [0.15, 0.2) is 24.3 Å². The van der Waals surface area contributed by atoms with E-state index in [1.165, 1.54) is 0 Å². The van der Waals surface area contributed by atoms with Crippen LogP contribution in [0.5, 0.6) is 0 Å². The monoisotopic (exact) mass is 333 g/mol. The minimum absolute atomic E-state index is 0.00190. The Morgan fingerprint density at radius 1 is 0.955 bits per heavy atom. The number of rotatable bonds is 2. The number of alkyl halides is 8. The molecule has 0 bridgehead atoms. The van der Waals surface area contributed by atoms with Crippen molar-refractivity contribution < 1.29 is 35.1 Å². The van der Waals surface area contributed by atoms with Gasteiger partial charge in [0.1, 0.15) is 5.54 Å². The zero-order valence-electron chi connectivity index (χ0n) is 11.0. The fraction of sp³-hybridized carbons (Fsp3) is 0.538. The highest BCUT2D eigenvalue weighted by Crippen LogP contribution is 2.52. The lowest BCUT2D eigenvalue weighted by Gasteiger charge is -2.39. The quantitative estimate of drug-likeness (QED) is 0.787. The van der Waals surface area contributed by atoms with Crippen LogP contribution in [0.4, 0.5) is 35.1 Å². The number of halogens is 8. The number of hydrogen-bond donors (Lipinski definition) is 1. The lowest BCUT2D eigenvalue weighted by Crippen LogP contribution is -2.59. The molecule has 0 unspecified atom stereocenters. The van der Waals surface area contributed by atoms with Crippen molar-refractivity contribution >= 4 is 0 Å². The molecule has 0 radical (unpaired) electrons. The van der Waals surface area contributed by atoms with E-state index in [1.54, 1.807) is 0 Å². The van der Waals surface area contributed by atoms with Gasteiger partial charge in [0.25, 0.3) is 0 Å². The summed E-state index contributed by atoms with van der Waals surface area (Å²) >= 11 is 0. The van der Waals surface area contributed by atoms with Crippen molar-refractivity contribution in [1.29, 1.82) is 0 Å². The average molecular weight is 333 g/mol. The highest BCUT2D eigenvalue weighted by molar-refractivity contribution is 5.35. The summed E-state index contributed by atoms with van der Waals surface area (Å²) in [6.45, 7) is -0.137. The number of benzene rings is 1. The highest BCUT2D eigenvalue weighted by Gasteiger charge is 2.71. The zero-order valence-corrected chi connectivity index (χ0v) is 11.0. The van der Waals surface area contributed by atoms with Crippen molar-refractivity contribution in [1.82, 2.24) is 5.32 Å². The van der Waals surface area contributed by atoms with Gasteiger partial charge in [-0.25, -0.2) is 0 Å². The third-order valence-electron chi connectivity index (χ3n) is 3.73. The summed E-state index contributed by atoms with van der Waals surface area (Å²) in [5.41, 5.74) is -4.87. The normalized spacial score (nSPS) is 23.8. The number of nitrogens with one attached hydrogen (secondary N) is 1. The number of hydrogen-bond acceptors (Lipinski definition) is 1. The largest absolute Gasteiger partial charge is 0.455 e. The summed E-state index contributed by atoms with van der Waals surface area (Å²) in [7, 11) is 0. The Balaban J connectivity index is 2.59. The summed E-state index contributed by atoms with van der Waals surface area (Å²) in [6.07, 6.45) is -11.3. The maximum absolute atomic E-state index is 13.9. The van der Waals surface area contributed by atoms with E-state index in [2.05, 4.69) is 5.32 Å². The van der Waals surface area contributed by atoms with Crippen molar-refractivity contribution in [2.45, 2.75) is 36.7 Å². The van der Waals surface area contributed by atoms with Gasteiger partial charge in [-0.3, -0.25) is 0 Å². The van der Waals surface area contributed by atoms with Crippen LogP contribution in [0, 0.1) is 0 Å². The molecule has 0 aliphatic carbocycles. The van der Waals surface area contributed by atoms with Gasteiger partial charge in [0.2, 0.25) is 0 Å². The van der Waals surface area contributed by atoms with E-state index >= 15 is 0 Å². The first-order chi connectivity index (χ1) is 9.92. The Kier molecular flexibility index (Phi) is 3.92. The predicted octanol–water partition coefficient (Wildman–Crippen LogP) is 4.48. The lowest BCUT2D eigenvalue weighted by atomic mass is 9.81. The van der Waals surface area contributed by atoms with Crippen LogP contribution in [0.25, 0.3) is 0 Å². The van der Waals surface area contributed by atoms with Crippen molar-refractivity contribution in [2.24, 2.45) is 0 Å². The van der Waals surface area contributed by atoms with E-state index in [-0.39, 0.29) is 13.0 Å². The summed E-state index contributed by atoms with van der Waals surface area (Å²) in [6, 6.07) is 2.65. The van der Waals surface area contributed by atoms with Crippen LogP contribution in [-0.2, 0) is 11.7 Å². The second-order valence-electron chi connectivity index (χ2n) is 5.09. The van der Waals surface area contributed by atoms with E-state index in [9.17, 15) is 35.1 Å². The van der Waals surface area contributed by atoms with Crippen molar-refractivity contribution in [3.05, 3.63) is 35.4 Å². The first-order valence-electron chi connectivity index (χ1n) is 6.29. The molecular formula is C13H11F8N. The topological polar surface area (TPSA) is 12.0 Å². The lowest BCUT2D eigenvalue weighted by molar-refractivity contribution is -0.312. The van der Waals surface area contributed by atoms with E-state index in [1.807, 2.05) is 0 Å². The molecule has 22 heavy (non-hydrogen) atoms. The molecule has 0 spiro atoms. The standard InChI is InChI=1S/C13H11F8N/c14-11(15,16)9-4-1-3-8(7-9)10(5-2-6-22-10)12(17,18)13(19,20)21/h1,3-4,7,22H,2,5-6H2/t10-/m1/s1. The van der Waals surface area contributed by atoms with Gasteiger partial charge in [0.05, 0.1) is 5.56 Å². The Bertz CT molecular complexity index is 540. The Morgan fingerprint density at radius 3 is 2.05 bits per heavy atom. The minimum Gasteiger partial charge on any atom is -0.302 e. The molecule has 1 atom stereocenters. The van der Waals surface area contributed by atoms with Gasteiger partial charge in [-0.15, -0.1) is 0 Å². The molecular weight excluding hydrogens is 322 g/mol. The van der Waals surface area contributed by atoms with Crippen molar-refractivity contribution in [2.75, 3.05) is 6.54 Å². The Hall–Kier alpha value is -1.38. The third-order valence-corrected chi connectivity index (χ3v) is 3.73. The molecule has 1 N–H and O–H groups in total. The average Bonchev–Trinajstić information content (AvgIpc) is 2.87. The zero-order chi connectivity index (χ0) is 16.8. The SMILES string of the molecule is FC(F)(F)c1cccc([C@@]2(C(F)(F)C(F)(F)F)CCCN2)c1. The molecule has 1 fully saturated rings. The smallest absolute Gasteiger partial charge is 0.302 e. The summed E-state index contributed by atoms with van der Waals surface area (Å²) in [5.74, 6) is -5.19. The van der Waals surface area contributed by atoms with Gasteiger partial charge in [-0.2, -0.15) is 35.1 Å². The molecule has 0 saturated carbocycles. The van der Waals surface area contributed by atoms with Gasteiger partial charge < -0.3 is 5.32 Å². The van der Waals surface area contributed by atoms with Gasteiger partial charge in [0.15, 0.2) is 0 Å². The van der Waals surface area contributed by atoms with Gasteiger partial charge in [-0.1, -0.05) is 12.1 Å². The summed E-state index contributed by atoms with van der Waals surface area (Å²) in [4.78, 5) is 0. The summed E-state index contributed by atoms with van der Waals surface area (Å²) in [5, 5.41) is 2.07. The maximum atomic E-state index is 13.9. The van der Waals surface area contributed by atoms with Gasteiger partial charge >= 0.3 is 18.3 Å². The van der Waals surface area contributed by atoms with Crippen LogP contribution in [0.1, 0.15) is 24.0 Å². The molecule has 1 heterocycles. The fourth-order valence-corrected chi connectivity index (χ4v) is 2.64. The third kappa shape index (κ3) is 2.55. The molecule has 0 amide bonds. The predicted molar refractivity (Wildman–Crippen MR) is 61.4 cm³/mol. The molecule has 1 saturated heterocycles. The molecule has 2 rings (SSSR count). The first kappa shape index (κ1) is 17.0. The molecule has 1 aliphatic heterocycles. The van der Waals surface area contributed by atoms with Crippen LogP contribution in [0.2, 0.25) is 0 Å². The maximum Gasteiger partial charge on any atom is 0.455 e. The minimum atomic E-state index is -5.88. The van der Waals surface area contributed by atoms with E-state index < -0.39 is 41.4 Å². The van der Waals surface area contributed by atoms with E-state index in [0.29, 0.717) is 12.1 Å². The molecule has 1 nitrogen and oxygen atoms in total. The van der Waals surface area contributed by atoms with Crippen LogP contribution >= 0.6 is 0 Å². The Labute approximate surface area is 120 Å². The molecule has 124 valence electrons. The highest BCUT2D eigenvalue weighted by atomic mass is 19.4. The fourth-order valence-electron chi connectivity index (χ4n) is 2.64. The van der Waals surface area contributed by atoms with Crippen molar-refractivity contribution in [3.63, 3.8) is 0 Å². The first-order valence-corrected chi connectivity index (χ1v) is 6.29. The Morgan fingerprint density at radius 2 is 1.59 bits per heavy atom. The van der Waals surface area contributed by atoms with Crippen LogP contribution in [0.3, 0.4) is 0 Å². The van der Waals surface area contributed by atoms with Crippen molar-refractivity contribution in [3.8, 4) is 0 Å². The summed E-state index contributed by atoms with van der Waals surface area (Å²) < 4.78 is 104. The molecule has 0 aromatic heterocycles. The van der Waals surface area contributed by atoms with Crippen LogP contribution < -0.4 is 5.32 Å². The van der Waals surface area contributed by atoms with E-state index in [4.69, 9.17) is 0 Å². The second-order valence-corrected chi connectivity index (χ2v) is 5.09. The molecule has 1 aromatic carbocycles. The van der Waals surface area contributed by atoms with E-state index in [0.717, 1.165) is 12.1 Å². The second kappa shape index (κ2) is 5.07. The van der Waals surface area contributed by atoms with Gasteiger partial charge in [0, 0.05) is 0 Å². The molecule has 9 heteroatoms. The van der Waals surface area contributed by atoms with Gasteiger partial charge in [-0.05, 0) is 37.1 Å². The molecule has 1 aromatic rings. The van der Waals surface area contributed by atoms with Crippen LogP contribution in [-0.4, -0.2) is 18.6 Å². The molecule has 1 aliphatic rings.